The van der Waals surface area contributed by atoms with Crippen LogP contribution in [0.15, 0.2) is 54.7 Å². The highest BCUT2D eigenvalue weighted by atomic mass is 19.1. The summed E-state index contributed by atoms with van der Waals surface area (Å²) in [7, 11) is 0. The summed E-state index contributed by atoms with van der Waals surface area (Å²) in [5, 5.41) is 4.49. The van der Waals surface area contributed by atoms with Crippen molar-refractivity contribution >= 4 is 16.6 Å². The molecule has 1 fully saturated rings. The summed E-state index contributed by atoms with van der Waals surface area (Å²) in [6.45, 7) is 4.12. The molecule has 0 radical (unpaired) electrons. The molecule has 1 unspecified atom stereocenters. The van der Waals surface area contributed by atoms with Crippen molar-refractivity contribution in [1.82, 2.24) is 9.88 Å². The minimum Gasteiger partial charge on any atom is -0.384 e. The van der Waals surface area contributed by atoms with Gasteiger partial charge in [-0.15, -0.1) is 0 Å². The lowest BCUT2D eigenvalue weighted by molar-refractivity contribution is 0.348. The minimum absolute atomic E-state index is 0.162. The van der Waals surface area contributed by atoms with Gasteiger partial charge >= 0.3 is 0 Å². The quantitative estimate of drug-likeness (QED) is 0.737. The van der Waals surface area contributed by atoms with Crippen LogP contribution in [0.5, 0.6) is 0 Å². The van der Waals surface area contributed by atoms with Gasteiger partial charge in [-0.2, -0.15) is 0 Å². The number of H-pyrrole nitrogens is 1. The lowest BCUT2D eigenvalue weighted by Gasteiger charge is -2.16. The van der Waals surface area contributed by atoms with Gasteiger partial charge in [-0.25, -0.2) is 4.39 Å². The molecule has 0 aliphatic carbocycles. The molecule has 2 N–H and O–H groups in total. The first-order valence-corrected chi connectivity index (χ1v) is 8.57. The number of hydrogen-bond donors (Lipinski definition) is 2. The second-order valence-electron chi connectivity index (χ2n) is 6.51. The maximum atomic E-state index is 13.6. The second kappa shape index (κ2) is 6.65. The summed E-state index contributed by atoms with van der Waals surface area (Å²) in [5.41, 5.74) is 3.44. The van der Waals surface area contributed by atoms with Crippen molar-refractivity contribution in [3.63, 3.8) is 0 Å². The van der Waals surface area contributed by atoms with E-state index in [0.717, 1.165) is 43.5 Å². The van der Waals surface area contributed by atoms with Gasteiger partial charge in [-0.1, -0.05) is 18.2 Å². The van der Waals surface area contributed by atoms with Crippen LogP contribution >= 0.6 is 0 Å². The molecule has 0 amide bonds. The molecule has 1 saturated heterocycles. The Kier molecular flexibility index (Phi) is 4.22. The number of anilines is 1. The van der Waals surface area contributed by atoms with Gasteiger partial charge in [-0.3, -0.25) is 0 Å². The lowest BCUT2D eigenvalue weighted by atomic mass is 9.98. The number of aromatic nitrogens is 1. The standard InChI is InChI=1S/C20H22FN3/c21-16-6-7-20-18(12-16)19(13-23-20)15-8-10-24(14-15)11-9-22-17-4-2-1-3-5-17/h1-7,12-13,15,22-23H,8-11,14H2. The number of nitrogens with one attached hydrogen (secondary N) is 2. The number of para-hydroxylation sites is 1. The van der Waals surface area contributed by atoms with E-state index in [9.17, 15) is 4.39 Å². The van der Waals surface area contributed by atoms with E-state index in [1.165, 1.54) is 17.3 Å². The maximum absolute atomic E-state index is 13.6. The number of nitrogens with zero attached hydrogens (tertiary/aromatic N) is 1. The third-order valence-corrected chi connectivity index (χ3v) is 4.92. The van der Waals surface area contributed by atoms with Gasteiger partial charge in [0.05, 0.1) is 0 Å². The van der Waals surface area contributed by atoms with Crippen molar-refractivity contribution in [2.24, 2.45) is 0 Å². The van der Waals surface area contributed by atoms with Crippen molar-refractivity contribution in [1.29, 1.82) is 0 Å². The van der Waals surface area contributed by atoms with Crippen molar-refractivity contribution in [2.75, 3.05) is 31.5 Å². The van der Waals surface area contributed by atoms with E-state index in [-0.39, 0.29) is 5.82 Å². The van der Waals surface area contributed by atoms with Gasteiger partial charge in [0.1, 0.15) is 5.82 Å². The Morgan fingerprint density at radius 2 is 2.04 bits per heavy atom. The van der Waals surface area contributed by atoms with Crippen LogP contribution in [-0.2, 0) is 0 Å². The Labute approximate surface area is 141 Å². The topological polar surface area (TPSA) is 31.1 Å². The molecule has 4 rings (SSSR count). The molecular formula is C20H22FN3. The molecule has 1 aliphatic rings. The summed E-state index contributed by atoms with van der Waals surface area (Å²) in [4.78, 5) is 5.76. The normalized spacial score (nSPS) is 18.3. The number of benzene rings is 2. The van der Waals surface area contributed by atoms with E-state index in [4.69, 9.17) is 0 Å². The Bertz CT molecular complexity index is 812. The van der Waals surface area contributed by atoms with E-state index in [0.29, 0.717) is 5.92 Å². The summed E-state index contributed by atoms with van der Waals surface area (Å²) in [6.07, 6.45) is 3.19. The highest BCUT2D eigenvalue weighted by Gasteiger charge is 2.25. The van der Waals surface area contributed by atoms with Crippen LogP contribution in [0, 0.1) is 5.82 Å². The fourth-order valence-electron chi connectivity index (χ4n) is 3.66. The van der Waals surface area contributed by atoms with Crippen LogP contribution in [-0.4, -0.2) is 36.1 Å². The van der Waals surface area contributed by atoms with E-state index >= 15 is 0 Å². The SMILES string of the molecule is Fc1ccc2[nH]cc(C3CCN(CCNc4ccccc4)C3)c2c1. The van der Waals surface area contributed by atoms with E-state index in [1.807, 2.05) is 24.3 Å². The third kappa shape index (κ3) is 3.15. The number of hydrogen-bond acceptors (Lipinski definition) is 2. The van der Waals surface area contributed by atoms with Gasteiger partial charge in [0.25, 0.3) is 0 Å². The molecule has 24 heavy (non-hydrogen) atoms. The number of fused-ring (bicyclic) bond motifs is 1. The predicted octanol–water partition coefficient (Wildman–Crippen LogP) is 4.21. The summed E-state index contributed by atoms with van der Waals surface area (Å²) < 4.78 is 13.6. The zero-order valence-electron chi connectivity index (χ0n) is 13.6. The molecule has 0 saturated carbocycles. The van der Waals surface area contributed by atoms with Gasteiger partial charge in [-0.05, 0) is 54.8 Å². The number of rotatable bonds is 5. The van der Waals surface area contributed by atoms with E-state index in [1.54, 1.807) is 6.07 Å². The summed E-state index contributed by atoms with van der Waals surface area (Å²) >= 11 is 0. The van der Waals surface area contributed by atoms with Crippen LogP contribution in [0.4, 0.5) is 10.1 Å². The Hall–Kier alpha value is -2.33. The highest BCUT2D eigenvalue weighted by molar-refractivity contribution is 5.83. The molecule has 3 aromatic rings. The zero-order valence-corrected chi connectivity index (χ0v) is 13.6. The predicted molar refractivity (Wildman–Crippen MR) is 97.0 cm³/mol. The van der Waals surface area contributed by atoms with Gasteiger partial charge < -0.3 is 15.2 Å². The largest absolute Gasteiger partial charge is 0.384 e. The average Bonchev–Trinajstić information content (AvgIpc) is 3.22. The van der Waals surface area contributed by atoms with Gasteiger partial charge in [0.2, 0.25) is 0 Å². The summed E-state index contributed by atoms with van der Waals surface area (Å²) in [6, 6.07) is 15.3. The van der Waals surface area contributed by atoms with Crippen molar-refractivity contribution in [3.05, 3.63) is 66.1 Å². The zero-order chi connectivity index (χ0) is 16.4. The van der Waals surface area contributed by atoms with Crippen molar-refractivity contribution in [3.8, 4) is 0 Å². The molecule has 3 nitrogen and oxygen atoms in total. The van der Waals surface area contributed by atoms with Gasteiger partial charge in [0, 0.05) is 42.4 Å². The molecule has 124 valence electrons. The van der Waals surface area contributed by atoms with E-state index < -0.39 is 0 Å². The smallest absolute Gasteiger partial charge is 0.123 e. The first kappa shape index (κ1) is 15.2. The fraction of sp³-hybridized carbons (Fsp3) is 0.300. The number of likely N-dealkylation sites (tertiary alicyclic amines) is 1. The van der Waals surface area contributed by atoms with Crippen LogP contribution in [0.25, 0.3) is 10.9 Å². The first-order chi connectivity index (χ1) is 11.8. The molecule has 0 bridgehead atoms. The van der Waals surface area contributed by atoms with Crippen molar-refractivity contribution in [2.45, 2.75) is 12.3 Å². The molecule has 4 heteroatoms. The third-order valence-electron chi connectivity index (χ3n) is 4.92. The second-order valence-corrected chi connectivity index (χ2v) is 6.51. The summed E-state index contributed by atoms with van der Waals surface area (Å²) in [5.74, 6) is 0.322. The van der Waals surface area contributed by atoms with Gasteiger partial charge in [0.15, 0.2) is 0 Å². The average molecular weight is 323 g/mol. The Morgan fingerprint density at radius 1 is 1.17 bits per heavy atom. The maximum Gasteiger partial charge on any atom is 0.123 e. The molecule has 1 aromatic heterocycles. The van der Waals surface area contributed by atoms with Crippen LogP contribution in [0.3, 0.4) is 0 Å². The van der Waals surface area contributed by atoms with Crippen LogP contribution < -0.4 is 5.32 Å². The molecule has 2 heterocycles. The lowest BCUT2D eigenvalue weighted by Crippen LogP contribution is -2.26. The van der Waals surface area contributed by atoms with E-state index in [2.05, 4.69) is 33.5 Å². The fourth-order valence-corrected chi connectivity index (χ4v) is 3.66. The first-order valence-electron chi connectivity index (χ1n) is 8.57. The molecular weight excluding hydrogens is 301 g/mol. The molecule has 2 aromatic carbocycles. The number of halogens is 1. The molecule has 1 atom stereocenters. The molecule has 0 spiro atoms. The highest BCUT2D eigenvalue weighted by Crippen LogP contribution is 2.32. The monoisotopic (exact) mass is 323 g/mol. The number of aromatic amines is 1. The van der Waals surface area contributed by atoms with Crippen LogP contribution in [0.1, 0.15) is 17.9 Å². The van der Waals surface area contributed by atoms with Crippen LogP contribution in [0.2, 0.25) is 0 Å². The molecule has 1 aliphatic heterocycles. The Morgan fingerprint density at radius 3 is 2.92 bits per heavy atom. The van der Waals surface area contributed by atoms with Crippen molar-refractivity contribution < 1.29 is 4.39 Å². The minimum atomic E-state index is -0.162. The Balaban J connectivity index is 1.36.